The normalized spacial score (nSPS) is 12.6. The molecule has 26 heavy (non-hydrogen) atoms. The third kappa shape index (κ3) is 3.70. The van der Waals surface area contributed by atoms with E-state index >= 15 is 0 Å². The zero-order valence-corrected chi connectivity index (χ0v) is 16.5. The van der Waals surface area contributed by atoms with Gasteiger partial charge in [0, 0.05) is 10.8 Å². The fourth-order valence-corrected chi connectivity index (χ4v) is 3.28. The van der Waals surface area contributed by atoms with Crippen molar-refractivity contribution in [2.75, 3.05) is 0 Å². The third-order valence-electron chi connectivity index (χ3n) is 4.74. The van der Waals surface area contributed by atoms with Crippen molar-refractivity contribution in [1.29, 1.82) is 0 Å². The summed E-state index contributed by atoms with van der Waals surface area (Å²) in [6.07, 6.45) is 1.96. The number of nitrogens with zero attached hydrogens (tertiary/aromatic N) is 2. The molecule has 0 atom stereocenters. The molecule has 0 spiro atoms. The molecule has 0 radical (unpaired) electrons. The molecule has 0 saturated carbocycles. The summed E-state index contributed by atoms with van der Waals surface area (Å²) in [4.78, 5) is 10.1. The lowest BCUT2D eigenvalue weighted by atomic mass is 9.87. The maximum atomic E-state index is 5.20. The van der Waals surface area contributed by atoms with Gasteiger partial charge in [-0.15, -0.1) is 0 Å². The minimum absolute atomic E-state index is 0.0959. The van der Waals surface area contributed by atoms with Crippen molar-refractivity contribution < 1.29 is 0 Å². The van der Waals surface area contributed by atoms with Gasteiger partial charge in [-0.05, 0) is 36.1 Å². The topological polar surface area (TPSA) is 25.2 Å². The van der Waals surface area contributed by atoms with Crippen LogP contribution in [0, 0.1) is 5.41 Å². The van der Waals surface area contributed by atoms with Crippen LogP contribution in [0.4, 0.5) is 5.69 Å². The van der Waals surface area contributed by atoms with Gasteiger partial charge in [0.1, 0.15) is 0 Å². The van der Waals surface area contributed by atoms with Crippen LogP contribution in [-0.4, -0.2) is 10.7 Å². The van der Waals surface area contributed by atoms with Crippen LogP contribution in [0.3, 0.4) is 0 Å². The highest BCUT2D eigenvalue weighted by atomic mass is 14.8. The minimum atomic E-state index is -0.0959. The number of aromatic nitrogens is 1. The molecule has 0 amide bonds. The van der Waals surface area contributed by atoms with Crippen molar-refractivity contribution in [2.24, 2.45) is 10.4 Å². The van der Waals surface area contributed by atoms with Crippen molar-refractivity contribution in [3.8, 4) is 0 Å². The fourth-order valence-electron chi connectivity index (χ4n) is 3.28. The van der Waals surface area contributed by atoms with Gasteiger partial charge in [0.15, 0.2) is 0 Å². The molecule has 0 N–H and O–H groups in total. The van der Waals surface area contributed by atoms with Crippen LogP contribution in [-0.2, 0) is 12.8 Å². The second-order valence-corrected chi connectivity index (χ2v) is 7.73. The van der Waals surface area contributed by atoms with Gasteiger partial charge in [0.05, 0.1) is 22.6 Å². The molecular weight excluding hydrogens is 316 g/mol. The first-order valence-electron chi connectivity index (χ1n) is 9.50. The van der Waals surface area contributed by atoms with E-state index in [0.717, 1.165) is 40.8 Å². The molecule has 0 bridgehead atoms. The molecule has 0 aliphatic carbocycles. The first-order valence-corrected chi connectivity index (χ1v) is 9.50. The molecule has 3 aromatic rings. The number of benzene rings is 2. The molecule has 134 valence electrons. The summed E-state index contributed by atoms with van der Waals surface area (Å²) in [6.45, 7) is 11.0. The van der Waals surface area contributed by atoms with Gasteiger partial charge in [-0.2, -0.15) is 0 Å². The van der Waals surface area contributed by atoms with Crippen LogP contribution < -0.4 is 0 Å². The first kappa shape index (κ1) is 18.3. The maximum absolute atomic E-state index is 5.20. The summed E-state index contributed by atoms with van der Waals surface area (Å²) in [5.74, 6) is 0. The molecule has 3 rings (SSSR count). The van der Waals surface area contributed by atoms with E-state index in [4.69, 9.17) is 9.98 Å². The molecule has 2 heteroatoms. The quantitative estimate of drug-likeness (QED) is 0.494. The first-order chi connectivity index (χ1) is 12.4. The Morgan fingerprint density at radius 2 is 1.50 bits per heavy atom. The van der Waals surface area contributed by atoms with Gasteiger partial charge in [0.2, 0.25) is 0 Å². The number of hydrogen-bond donors (Lipinski definition) is 0. The largest absolute Gasteiger partial charge is 0.250 e. The second-order valence-electron chi connectivity index (χ2n) is 7.73. The maximum Gasteiger partial charge on any atom is 0.0857 e. The number of pyridine rings is 1. The fraction of sp³-hybridized carbons (Fsp3) is 0.333. The Bertz CT molecular complexity index is 924. The summed E-state index contributed by atoms with van der Waals surface area (Å²) in [5.41, 5.74) is 6.64. The Morgan fingerprint density at radius 1 is 0.846 bits per heavy atom. The van der Waals surface area contributed by atoms with Gasteiger partial charge in [-0.25, -0.2) is 4.98 Å². The van der Waals surface area contributed by atoms with Crippen LogP contribution in [0.2, 0.25) is 0 Å². The average Bonchev–Trinajstić information content (AvgIpc) is 2.64. The van der Waals surface area contributed by atoms with E-state index in [1.165, 1.54) is 11.1 Å². The van der Waals surface area contributed by atoms with E-state index in [0.29, 0.717) is 0 Å². The van der Waals surface area contributed by atoms with Crippen molar-refractivity contribution in [2.45, 2.75) is 47.5 Å². The predicted octanol–water partition coefficient (Wildman–Crippen LogP) is 6.53. The SMILES string of the molecule is CCc1cccc(CC)c1N=C(c1ccc2ccccc2n1)C(C)(C)C. The Kier molecular flexibility index (Phi) is 5.22. The number of para-hydroxylation sites is 2. The molecule has 0 aliphatic heterocycles. The number of fused-ring (bicyclic) bond motifs is 1. The van der Waals surface area contributed by atoms with E-state index in [9.17, 15) is 0 Å². The van der Waals surface area contributed by atoms with E-state index in [1.807, 2.05) is 12.1 Å². The van der Waals surface area contributed by atoms with Crippen molar-refractivity contribution in [3.05, 3.63) is 71.4 Å². The molecule has 2 aromatic carbocycles. The minimum Gasteiger partial charge on any atom is -0.250 e. The van der Waals surface area contributed by atoms with Crippen LogP contribution in [0.15, 0.2) is 59.6 Å². The molecule has 2 nitrogen and oxygen atoms in total. The third-order valence-corrected chi connectivity index (χ3v) is 4.74. The summed E-state index contributed by atoms with van der Waals surface area (Å²) < 4.78 is 0. The summed E-state index contributed by atoms with van der Waals surface area (Å²) in [7, 11) is 0. The molecule has 1 aromatic heterocycles. The summed E-state index contributed by atoms with van der Waals surface area (Å²) >= 11 is 0. The van der Waals surface area contributed by atoms with Crippen LogP contribution in [0.1, 0.15) is 51.4 Å². The van der Waals surface area contributed by atoms with Crippen molar-refractivity contribution in [1.82, 2.24) is 4.98 Å². The monoisotopic (exact) mass is 344 g/mol. The van der Waals surface area contributed by atoms with Crippen molar-refractivity contribution >= 4 is 22.3 Å². The van der Waals surface area contributed by atoms with Gasteiger partial charge >= 0.3 is 0 Å². The summed E-state index contributed by atoms with van der Waals surface area (Å²) in [6, 6.07) is 19.0. The Hall–Kier alpha value is -2.48. The Morgan fingerprint density at radius 3 is 2.12 bits per heavy atom. The molecule has 0 unspecified atom stereocenters. The zero-order valence-electron chi connectivity index (χ0n) is 16.5. The second kappa shape index (κ2) is 7.41. The predicted molar refractivity (Wildman–Crippen MR) is 113 cm³/mol. The van der Waals surface area contributed by atoms with E-state index in [2.05, 4.69) is 77.1 Å². The van der Waals surface area contributed by atoms with Crippen LogP contribution >= 0.6 is 0 Å². The highest BCUT2D eigenvalue weighted by Gasteiger charge is 2.23. The molecule has 0 saturated heterocycles. The lowest BCUT2D eigenvalue weighted by Crippen LogP contribution is -2.22. The molecule has 0 fully saturated rings. The highest BCUT2D eigenvalue weighted by Crippen LogP contribution is 2.31. The average molecular weight is 345 g/mol. The number of aliphatic imine (C=N–C) groups is 1. The summed E-state index contributed by atoms with van der Waals surface area (Å²) in [5, 5.41) is 1.16. The highest BCUT2D eigenvalue weighted by molar-refractivity contribution is 6.05. The molecule has 1 heterocycles. The zero-order chi connectivity index (χ0) is 18.7. The Balaban J connectivity index is 2.23. The van der Waals surface area contributed by atoms with E-state index in [1.54, 1.807) is 0 Å². The standard InChI is InChI=1S/C24H28N2/c1-6-17-12-10-13-18(7-2)22(17)26-23(24(3,4)5)21-16-15-19-11-8-9-14-20(19)25-21/h8-16H,6-7H2,1-5H3. The lowest BCUT2D eigenvalue weighted by Gasteiger charge is -2.23. The Labute approximate surface area is 157 Å². The van der Waals surface area contributed by atoms with Crippen molar-refractivity contribution in [3.63, 3.8) is 0 Å². The number of aryl methyl sites for hydroxylation is 2. The molecule has 0 aliphatic rings. The number of hydrogen-bond acceptors (Lipinski definition) is 2. The van der Waals surface area contributed by atoms with Gasteiger partial charge in [-0.3, -0.25) is 4.99 Å². The van der Waals surface area contributed by atoms with E-state index < -0.39 is 0 Å². The van der Waals surface area contributed by atoms with E-state index in [-0.39, 0.29) is 5.41 Å². The van der Waals surface area contributed by atoms with Gasteiger partial charge in [0.25, 0.3) is 0 Å². The van der Waals surface area contributed by atoms with Gasteiger partial charge < -0.3 is 0 Å². The lowest BCUT2D eigenvalue weighted by molar-refractivity contribution is 0.590. The molecular formula is C24H28N2. The smallest absolute Gasteiger partial charge is 0.0857 e. The van der Waals surface area contributed by atoms with Crippen LogP contribution in [0.5, 0.6) is 0 Å². The van der Waals surface area contributed by atoms with Crippen LogP contribution in [0.25, 0.3) is 10.9 Å². The van der Waals surface area contributed by atoms with Gasteiger partial charge in [-0.1, -0.05) is 77.1 Å². The number of rotatable bonds is 4.